The van der Waals surface area contributed by atoms with Crippen LogP contribution < -0.4 is 5.32 Å². The van der Waals surface area contributed by atoms with Crippen LogP contribution in [0.2, 0.25) is 0 Å². The highest BCUT2D eigenvalue weighted by Crippen LogP contribution is 2.42. The van der Waals surface area contributed by atoms with Gasteiger partial charge in [0.1, 0.15) is 6.33 Å². The van der Waals surface area contributed by atoms with Gasteiger partial charge < -0.3 is 15.0 Å². The normalized spacial score (nSPS) is 20.1. The van der Waals surface area contributed by atoms with Gasteiger partial charge >= 0.3 is 0 Å². The third-order valence-corrected chi connectivity index (χ3v) is 5.02. The number of nitrogens with one attached hydrogen (secondary N) is 1. The number of ether oxygens (including phenoxy) is 1. The van der Waals surface area contributed by atoms with Crippen LogP contribution in [0.15, 0.2) is 31.1 Å². The van der Waals surface area contributed by atoms with Crippen LogP contribution in [-0.2, 0) is 22.6 Å². The maximum Gasteiger partial charge on any atom is 0.223 e. The Morgan fingerprint density at radius 3 is 2.68 bits per heavy atom. The van der Waals surface area contributed by atoms with Gasteiger partial charge in [0.15, 0.2) is 0 Å². The average molecular weight is 387 g/mol. The van der Waals surface area contributed by atoms with Gasteiger partial charge in [0.2, 0.25) is 5.91 Å². The second kappa shape index (κ2) is 8.79. The summed E-state index contributed by atoms with van der Waals surface area (Å²) >= 11 is 0. The molecule has 2 aromatic rings. The Hall–Kier alpha value is -2.32. The highest BCUT2D eigenvalue weighted by atomic mass is 16.5. The van der Waals surface area contributed by atoms with Crippen molar-refractivity contribution in [3.05, 3.63) is 42.2 Å². The SMILES string of the molecule is COCCn1cc([C@H]2[C@H](CNCc3cncnc3)CC(=O)N2C(C)(C)C)cn1. The van der Waals surface area contributed by atoms with E-state index in [0.29, 0.717) is 26.1 Å². The largest absolute Gasteiger partial charge is 0.383 e. The topological polar surface area (TPSA) is 85.2 Å². The number of carbonyl (C=O) groups is 1. The molecule has 28 heavy (non-hydrogen) atoms. The fourth-order valence-electron chi connectivity index (χ4n) is 3.86. The maximum absolute atomic E-state index is 12.9. The Morgan fingerprint density at radius 2 is 2.00 bits per heavy atom. The predicted molar refractivity (Wildman–Crippen MR) is 105 cm³/mol. The summed E-state index contributed by atoms with van der Waals surface area (Å²) in [6.45, 7) is 8.99. The molecular formula is C20H30N6O2. The minimum atomic E-state index is -0.252. The number of aromatic nitrogens is 4. The number of hydrogen-bond acceptors (Lipinski definition) is 6. The van der Waals surface area contributed by atoms with Crippen LogP contribution in [-0.4, -0.2) is 56.4 Å². The monoisotopic (exact) mass is 386 g/mol. The van der Waals surface area contributed by atoms with E-state index in [4.69, 9.17) is 4.74 Å². The van der Waals surface area contributed by atoms with Gasteiger partial charge in [0.25, 0.3) is 0 Å². The van der Waals surface area contributed by atoms with E-state index >= 15 is 0 Å². The lowest BCUT2D eigenvalue weighted by molar-refractivity contribution is -0.133. The van der Waals surface area contributed by atoms with E-state index in [2.05, 4.69) is 41.2 Å². The van der Waals surface area contributed by atoms with Crippen LogP contribution in [0, 0.1) is 5.92 Å². The second-order valence-corrected chi connectivity index (χ2v) is 8.25. The van der Waals surface area contributed by atoms with Crippen LogP contribution in [0.3, 0.4) is 0 Å². The Kier molecular flexibility index (Phi) is 6.41. The Morgan fingerprint density at radius 1 is 1.25 bits per heavy atom. The van der Waals surface area contributed by atoms with E-state index in [0.717, 1.165) is 17.7 Å². The van der Waals surface area contributed by atoms with Crippen LogP contribution in [0.25, 0.3) is 0 Å². The molecule has 152 valence electrons. The number of rotatable bonds is 8. The Bertz CT molecular complexity index is 771. The molecule has 8 nitrogen and oxygen atoms in total. The molecule has 0 spiro atoms. The highest BCUT2D eigenvalue weighted by Gasteiger charge is 2.45. The fraction of sp³-hybridized carbons (Fsp3) is 0.600. The Labute approximate surface area is 166 Å². The minimum Gasteiger partial charge on any atom is -0.383 e. The van der Waals surface area contributed by atoms with Gasteiger partial charge in [-0.15, -0.1) is 0 Å². The lowest BCUT2D eigenvalue weighted by Gasteiger charge is -2.38. The molecule has 0 unspecified atom stereocenters. The minimum absolute atomic E-state index is 0.00307. The first-order valence-electron chi connectivity index (χ1n) is 9.68. The summed E-state index contributed by atoms with van der Waals surface area (Å²) < 4.78 is 7.03. The summed E-state index contributed by atoms with van der Waals surface area (Å²) in [5, 5.41) is 7.93. The summed E-state index contributed by atoms with van der Waals surface area (Å²) in [5.41, 5.74) is 1.86. The van der Waals surface area contributed by atoms with Crippen molar-refractivity contribution in [2.45, 2.75) is 51.9 Å². The average Bonchev–Trinajstić information content (AvgIpc) is 3.24. The van der Waals surface area contributed by atoms with Gasteiger partial charge in [-0.1, -0.05) is 0 Å². The van der Waals surface area contributed by atoms with Gasteiger partial charge in [0.05, 0.1) is 25.4 Å². The fourth-order valence-corrected chi connectivity index (χ4v) is 3.86. The quantitative estimate of drug-likeness (QED) is 0.745. The summed E-state index contributed by atoms with van der Waals surface area (Å²) in [7, 11) is 1.68. The molecule has 2 atom stereocenters. The number of likely N-dealkylation sites (tertiary alicyclic amines) is 1. The van der Waals surface area contributed by atoms with E-state index in [-0.39, 0.29) is 23.4 Å². The standard InChI is InChI=1S/C20H30N6O2/c1-20(2,3)26-18(27)7-16(11-21-8-15-9-22-14-23-10-15)19(26)17-12-24-25(13-17)5-6-28-4/h9-10,12-14,16,19,21H,5-8,11H2,1-4H3/t16-,19+/m0/s1. The van der Waals surface area contributed by atoms with Crippen molar-refractivity contribution in [2.24, 2.45) is 5.92 Å². The molecule has 1 amide bonds. The van der Waals surface area contributed by atoms with Gasteiger partial charge in [0, 0.05) is 67.8 Å². The second-order valence-electron chi connectivity index (χ2n) is 8.25. The number of nitrogens with zero attached hydrogens (tertiary/aromatic N) is 5. The van der Waals surface area contributed by atoms with Crippen molar-refractivity contribution < 1.29 is 9.53 Å². The van der Waals surface area contributed by atoms with E-state index in [9.17, 15) is 4.79 Å². The molecule has 2 aromatic heterocycles. The van der Waals surface area contributed by atoms with Crippen molar-refractivity contribution in [3.8, 4) is 0 Å². The molecule has 3 heterocycles. The summed E-state index contributed by atoms with van der Waals surface area (Å²) in [6.07, 6.45) is 9.59. The molecule has 1 aliphatic heterocycles. The summed E-state index contributed by atoms with van der Waals surface area (Å²) in [6, 6.07) is 0.00307. The molecule has 1 fully saturated rings. The molecule has 0 bridgehead atoms. The van der Waals surface area contributed by atoms with Crippen LogP contribution >= 0.6 is 0 Å². The van der Waals surface area contributed by atoms with Gasteiger partial charge in [-0.05, 0) is 20.8 Å². The molecule has 0 aromatic carbocycles. The van der Waals surface area contributed by atoms with Crippen LogP contribution in [0.4, 0.5) is 0 Å². The van der Waals surface area contributed by atoms with Crippen molar-refractivity contribution in [3.63, 3.8) is 0 Å². The smallest absolute Gasteiger partial charge is 0.223 e. The van der Waals surface area contributed by atoms with Gasteiger partial charge in [-0.2, -0.15) is 5.10 Å². The number of carbonyl (C=O) groups excluding carboxylic acids is 1. The van der Waals surface area contributed by atoms with Crippen LogP contribution in [0.1, 0.15) is 44.4 Å². The molecule has 1 aliphatic rings. The van der Waals surface area contributed by atoms with Crippen molar-refractivity contribution in [1.29, 1.82) is 0 Å². The van der Waals surface area contributed by atoms with Gasteiger partial charge in [-0.3, -0.25) is 9.48 Å². The number of amides is 1. The molecule has 0 radical (unpaired) electrons. The van der Waals surface area contributed by atoms with Crippen molar-refractivity contribution >= 4 is 5.91 Å². The van der Waals surface area contributed by atoms with Gasteiger partial charge in [-0.25, -0.2) is 9.97 Å². The molecule has 0 aliphatic carbocycles. The van der Waals surface area contributed by atoms with E-state index in [1.54, 1.807) is 19.5 Å². The van der Waals surface area contributed by atoms with E-state index in [1.165, 1.54) is 6.33 Å². The lowest BCUT2D eigenvalue weighted by Crippen LogP contribution is -2.44. The molecule has 0 saturated carbocycles. The van der Waals surface area contributed by atoms with Crippen molar-refractivity contribution in [2.75, 3.05) is 20.3 Å². The molecular weight excluding hydrogens is 356 g/mol. The first-order chi connectivity index (χ1) is 13.4. The zero-order chi connectivity index (χ0) is 20.1. The number of methoxy groups -OCH3 is 1. The lowest BCUT2D eigenvalue weighted by atomic mass is 9.93. The van der Waals surface area contributed by atoms with E-state index in [1.807, 2.05) is 22.0 Å². The first-order valence-corrected chi connectivity index (χ1v) is 9.68. The summed E-state index contributed by atoms with van der Waals surface area (Å²) in [4.78, 5) is 23.0. The molecule has 8 heteroatoms. The first kappa shape index (κ1) is 20.4. The molecule has 1 N–H and O–H groups in total. The third kappa shape index (κ3) is 4.74. The van der Waals surface area contributed by atoms with Crippen LogP contribution in [0.5, 0.6) is 0 Å². The molecule has 3 rings (SSSR count). The van der Waals surface area contributed by atoms with E-state index < -0.39 is 0 Å². The molecule has 1 saturated heterocycles. The zero-order valence-corrected chi connectivity index (χ0v) is 17.1. The van der Waals surface area contributed by atoms with Crippen molar-refractivity contribution in [1.82, 2.24) is 30.0 Å². The number of hydrogen-bond donors (Lipinski definition) is 1. The Balaban J connectivity index is 1.75. The summed E-state index contributed by atoms with van der Waals surface area (Å²) in [5.74, 6) is 0.369. The zero-order valence-electron chi connectivity index (χ0n) is 17.1. The predicted octanol–water partition coefficient (Wildman–Crippen LogP) is 1.80. The third-order valence-electron chi connectivity index (χ3n) is 5.02. The highest BCUT2D eigenvalue weighted by molar-refractivity contribution is 5.80. The maximum atomic E-state index is 12.9.